The zero-order valence-electron chi connectivity index (χ0n) is 28.1. The highest BCUT2D eigenvalue weighted by atomic mass is 35.5. The number of nitrogens with one attached hydrogen (secondary N) is 1. The van der Waals surface area contributed by atoms with Crippen LogP contribution in [0.2, 0.25) is 5.02 Å². The quantitative estimate of drug-likeness (QED) is 0.149. The molecule has 1 saturated carbocycles. The summed E-state index contributed by atoms with van der Waals surface area (Å²) in [4.78, 5) is 30.7. The molecular formula is C39H44ClN3O5S. The van der Waals surface area contributed by atoms with Crippen LogP contribution in [0.15, 0.2) is 108 Å². The predicted molar refractivity (Wildman–Crippen MR) is 194 cm³/mol. The molecule has 0 heterocycles. The first-order valence-corrected chi connectivity index (χ1v) is 18.7. The minimum atomic E-state index is -4.30. The predicted octanol–water partition coefficient (Wildman–Crippen LogP) is 7.33. The Bertz CT molecular complexity index is 1810. The van der Waals surface area contributed by atoms with E-state index >= 15 is 0 Å². The van der Waals surface area contributed by atoms with Crippen molar-refractivity contribution in [2.45, 2.75) is 75.9 Å². The van der Waals surface area contributed by atoms with Crippen molar-refractivity contribution in [2.24, 2.45) is 0 Å². The summed E-state index contributed by atoms with van der Waals surface area (Å²) < 4.78 is 35.7. The van der Waals surface area contributed by atoms with E-state index in [0.29, 0.717) is 17.4 Å². The number of ether oxygens (including phenoxy) is 1. The molecule has 1 N–H and O–H groups in total. The van der Waals surface area contributed by atoms with Gasteiger partial charge >= 0.3 is 0 Å². The molecule has 1 aliphatic carbocycles. The Morgan fingerprint density at radius 2 is 1.53 bits per heavy atom. The summed E-state index contributed by atoms with van der Waals surface area (Å²) in [6.07, 6.45) is 5.25. The molecule has 10 heteroatoms. The maximum Gasteiger partial charge on any atom is 0.264 e. The van der Waals surface area contributed by atoms with Crippen LogP contribution in [0.4, 0.5) is 5.69 Å². The molecule has 258 valence electrons. The number of para-hydroxylation sites is 2. The SMILES string of the molecule is CCOc1ccccc1N(CC(=O)N(Cc1ccccc1C)C(Cc1ccccc1)C(=O)NC1CCCCC1)S(=O)(=O)c1ccc(Cl)cc1. The first-order valence-electron chi connectivity index (χ1n) is 16.9. The van der Waals surface area contributed by atoms with Crippen molar-refractivity contribution >= 4 is 39.1 Å². The van der Waals surface area contributed by atoms with E-state index in [0.717, 1.165) is 53.1 Å². The summed E-state index contributed by atoms with van der Waals surface area (Å²) in [5, 5.41) is 3.63. The largest absolute Gasteiger partial charge is 0.492 e. The molecule has 0 saturated heterocycles. The van der Waals surface area contributed by atoms with E-state index in [1.165, 1.54) is 24.3 Å². The van der Waals surface area contributed by atoms with E-state index < -0.39 is 28.5 Å². The van der Waals surface area contributed by atoms with Crippen molar-refractivity contribution in [1.82, 2.24) is 10.2 Å². The molecular weight excluding hydrogens is 658 g/mol. The van der Waals surface area contributed by atoms with Gasteiger partial charge in [-0.1, -0.05) is 97.6 Å². The van der Waals surface area contributed by atoms with Crippen LogP contribution in [-0.2, 0) is 32.6 Å². The van der Waals surface area contributed by atoms with E-state index in [1.807, 2.05) is 68.4 Å². The maximum atomic E-state index is 14.9. The van der Waals surface area contributed by atoms with Crippen molar-refractivity contribution in [3.05, 3.63) is 125 Å². The molecule has 0 radical (unpaired) electrons. The standard InChI is InChI=1S/C39H44ClN3O5S/c1-3-48-37-21-13-12-20-35(37)43(49(46,47)34-24-22-32(40)23-25-34)28-38(44)42(27-31-17-11-10-14-29(31)2)36(26-30-15-6-4-7-16-30)39(45)41-33-18-8-5-9-19-33/h4,6-7,10-17,20-25,33,36H,3,5,8-9,18-19,26-28H2,1-2H3,(H,41,45). The summed E-state index contributed by atoms with van der Waals surface area (Å²) in [5.41, 5.74) is 2.93. The Labute approximate surface area is 295 Å². The smallest absolute Gasteiger partial charge is 0.264 e. The highest BCUT2D eigenvalue weighted by molar-refractivity contribution is 7.92. The van der Waals surface area contributed by atoms with E-state index in [9.17, 15) is 18.0 Å². The highest BCUT2D eigenvalue weighted by Gasteiger charge is 2.36. The van der Waals surface area contributed by atoms with Crippen LogP contribution < -0.4 is 14.4 Å². The molecule has 1 atom stereocenters. The van der Waals surface area contributed by atoms with Crippen molar-refractivity contribution in [3.63, 3.8) is 0 Å². The van der Waals surface area contributed by atoms with E-state index in [1.54, 1.807) is 29.2 Å². The van der Waals surface area contributed by atoms with Gasteiger partial charge in [0.2, 0.25) is 11.8 Å². The van der Waals surface area contributed by atoms with Gasteiger partial charge in [0.1, 0.15) is 18.3 Å². The highest BCUT2D eigenvalue weighted by Crippen LogP contribution is 2.33. The molecule has 1 fully saturated rings. The Morgan fingerprint density at radius 3 is 2.22 bits per heavy atom. The van der Waals surface area contributed by atoms with Crippen molar-refractivity contribution in [1.29, 1.82) is 0 Å². The van der Waals surface area contributed by atoms with Crippen LogP contribution in [0.25, 0.3) is 0 Å². The number of nitrogens with zero attached hydrogens (tertiary/aromatic N) is 2. The Hall–Kier alpha value is -4.34. The van der Waals surface area contributed by atoms with Crippen LogP contribution in [0.5, 0.6) is 5.75 Å². The molecule has 0 bridgehead atoms. The van der Waals surface area contributed by atoms with Gasteiger partial charge in [0.15, 0.2) is 0 Å². The normalized spacial score (nSPS) is 14.1. The molecule has 5 rings (SSSR count). The second-order valence-electron chi connectivity index (χ2n) is 12.4. The van der Waals surface area contributed by atoms with Gasteiger partial charge in [0.05, 0.1) is 17.2 Å². The second-order valence-corrected chi connectivity index (χ2v) is 14.7. The van der Waals surface area contributed by atoms with Gasteiger partial charge in [0, 0.05) is 24.0 Å². The number of hydrogen-bond acceptors (Lipinski definition) is 5. The number of rotatable bonds is 14. The average molecular weight is 702 g/mol. The lowest BCUT2D eigenvalue weighted by Crippen LogP contribution is -2.55. The van der Waals surface area contributed by atoms with E-state index in [2.05, 4.69) is 5.32 Å². The third-order valence-electron chi connectivity index (χ3n) is 8.94. The third kappa shape index (κ3) is 9.22. The fourth-order valence-electron chi connectivity index (χ4n) is 6.26. The molecule has 0 aromatic heterocycles. The maximum absolute atomic E-state index is 14.9. The zero-order valence-corrected chi connectivity index (χ0v) is 29.6. The first-order chi connectivity index (χ1) is 23.7. The Balaban J connectivity index is 1.60. The molecule has 49 heavy (non-hydrogen) atoms. The Morgan fingerprint density at radius 1 is 0.878 bits per heavy atom. The average Bonchev–Trinajstić information content (AvgIpc) is 3.11. The number of amides is 2. The minimum absolute atomic E-state index is 0.0230. The monoisotopic (exact) mass is 701 g/mol. The number of benzene rings is 4. The van der Waals surface area contributed by atoms with Gasteiger partial charge in [-0.05, 0) is 79.8 Å². The number of sulfonamides is 1. The fraction of sp³-hybridized carbons (Fsp3) is 0.333. The molecule has 1 aliphatic rings. The molecule has 0 aliphatic heterocycles. The number of halogens is 1. The molecule has 8 nitrogen and oxygen atoms in total. The molecule has 4 aromatic rings. The van der Waals surface area contributed by atoms with Crippen molar-refractivity contribution in [3.8, 4) is 5.75 Å². The summed E-state index contributed by atoms with van der Waals surface area (Å²) in [6.45, 7) is 3.61. The van der Waals surface area contributed by atoms with Gasteiger partial charge in [0.25, 0.3) is 10.0 Å². The lowest BCUT2D eigenvalue weighted by atomic mass is 9.94. The van der Waals surface area contributed by atoms with Crippen LogP contribution >= 0.6 is 11.6 Å². The summed E-state index contributed by atoms with van der Waals surface area (Å²) >= 11 is 6.11. The van der Waals surface area contributed by atoms with Crippen molar-refractivity contribution in [2.75, 3.05) is 17.5 Å². The number of aryl methyl sites for hydroxylation is 1. The number of hydrogen-bond donors (Lipinski definition) is 1. The van der Waals surface area contributed by atoms with Gasteiger partial charge in [-0.25, -0.2) is 8.42 Å². The first kappa shape index (κ1) is 36.0. The molecule has 2 amide bonds. The summed E-state index contributed by atoms with van der Waals surface area (Å²) in [6, 6.07) is 29.0. The number of anilines is 1. The van der Waals surface area contributed by atoms with Crippen LogP contribution in [0.1, 0.15) is 55.7 Å². The lowest BCUT2D eigenvalue weighted by molar-refractivity contribution is -0.140. The minimum Gasteiger partial charge on any atom is -0.492 e. The van der Waals surface area contributed by atoms with Gasteiger partial charge in [-0.3, -0.25) is 13.9 Å². The van der Waals surface area contributed by atoms with Gasteiger partial charge < -0.3 is 15.0 Å². The molecule has 4 aromatic carbocycles. The molecule has 1 unspecified atom stereocenters. The zero-order chi connectivity index (χ0) is 34.8. The van der Waals surface area contributed by atoms with Gasteiger partial charge in [-0.2, -0.15) is 0 Å². The Kier molecular flexibility index (Phi) is 12.4. The van der Waals surface area contributed by atoms with E-state index in [-0.39, 0.29) is 35.5 Å². The molecule has 0 spiro atoms. The topological polar surface area (TPSA) is 96.0 Å². The number of carbonyl (C=O) groups is 2. The van der Waals surface area contributed by atoms with E-state index in [4.69, 9.17) is 16.3 Å². The third-order valence-corrected chi connectivity index (χ3v) is 11.0. The summed E-state index contributed by atoms with van der Waals surface area (Å²) in [7, 11) is -4.30. The number of carbonyl (C=O) groups excluding carboxylic acids is 2. The lowest BCUT2D eigenvalue weighted by Gasteiger charge is -2.35. The second kappa shape index (κ2) is 16.9. The fourth-order valence-corrected chi connectivity index (χ4v) is 7.81. The van der Waals surface area contributed by atoms with Crippen LogP contribution in [-0.4, -0.2) is 50.4 Å². The van der Waals surface area contributed by atoms with Crippen LogP contribution in [0, 0.1) is 6.92 Å². The van der Waals surface area contributed by atoms with Crippen LogP contribution in [0.3, 0.4) is 0 Å². The van der Waals surface area contributed by atoms with Gasteiger partial charge in [-0.15, -0.1) is 0 Å². The summed E-state index contributed by atoms with van der Waals surface area (Å²) in [5.74, 6) is -0.456. The van der Waals surface area contributed by atoms with Crippen molar-refractivity contribution < 1.29 is 22.7 Å².